The Morgan fingerprint density at radius 1 is 1.15 bits per heavy atom. The minimum absolute atomic E-state index is 0.0842. The molecule has 1 aromatic rings. The van der Waals surface area contributed by atoms with E-state index in [9.17, 15) is 14.4 Å². The van der Waals surface area contributed by atoms with E-state index in [1.54, 1.807) is 22.8 Å². The van der Waals surface area contributed by atoms with Crippen molar-refractivity contribution in [3.05, 3.63) is 18.0 Å². The topological polar surface area (TPSA) is 102 Å². The maximum Gasteiger partial charge on any atom is 0.257 e. The Bertz CT molecular complexity index is 793. The second kappa shape index (κ2) is 5.31. The molecule has 3 aliphatic rings. The summed E-state index contributed by atoms with van der Waals surface area (Å²) in [6, 6.07) is 0. The van der Waals surface area contributed by atoms with Crippen molar-refractivity contribution in [2.75, 3.05) is 26.2 Å². The molecule has 8 nitrogen and oxygen atoms in total. The van der Waals surface area contributed by atoms with Crippen LogP contribution in [0.5, 0.6) is 0 Å². The lowest BCUT2D eigenvalue weighted by Crippen LogP contribution is -2.64. The van der Waals surface area contributed by atoms with Gasteiger partial charge in [0, 0.05) is 50.8 Å². The van der Waals surface area contributed by atoms with Crippen LogP contribution in [0.15, 0.2) is 12.4 Å². The van der Waals surface area contributed by atoms with Crippen LogP contribution in [0.2, 0.25) is 0 Å². The summed E-state index contributed by atoms with van der Waals surface area (Å²) in [6.45, 7) is 5.96. The molecule has 1 saturated carbocycles. The molecular weight excluding hydrogens is 334 g/mol. The van der Waals surface area contributed by atoms with Gasteiger partial charge in [0.15, 0.2) is 0 Å². The fourth-order valence-electron chi connectivity index (χ4n) is 4.53. The zero-order chi connectivity index (χ0) is 18.9. The Balaban J connectivity index is 1.47. The zero-order valence-electron chi connectivity index (χ0n) is 15.4. The van der Waals surface area contributed by atoms with Crippen molar-refractivity contribution in [3.63, 3.8) is 0 Å². The second-order valence-corrected chi connectivity index (χ2v) is 8.85. The minimum Gasteiger partial charge on any atom is -0.369 e. The molecule has 2 N–H and O–H groups in total. The third-order valence-electron chi connectivity index (χ3n) is 6.37. The van der Waals surface area contributed by atoms with E-state index in [1.807, 2.05) is 4.90 Å². The van der Waals surface area contributed by atoms with Crippen molar-refractivity contribution < 1.29 is 14.4 Å². The highest BCUT2D eigenvalue weighted by Crippen LogP contribution is 2.54. The van der Waals surface area contributed by atoms with Gasteiger partial charge in [-0.15, -0.1) is 0 Å². The van der Waals surface area contributed by atoms with Crippen LogP contribution in [0.25, 0.3) is 0 Å². The van der Waals surface area contributed by atoms with Crippen LogP contribution in [-0.2, 0) is 16.6 Å². The van der Waals surface area contributed by atoms with E-state index in [2.05, 4.69) is 18.9 Å². The largest absolute Gasteiger partial charge is 0.369 e. The third-order valence-corrected chi connectivity index (χ3v) is 6.37. The van der Waals surface area contributed by atoms with Crippen molar-refractivity contribution >= 4 is 17.7 Å². The van der Waals surface area contributed by atoms with E-state index in [0.29, 0.717) is 31.7 Å². The van der Waals surface area contributed by atoms with Crippen LogP contribution in [0, 0.1) is 22.7 Å². The van der Waals surface area contributed by atoms with Gasteiger partial charge in [-0.05, 0) is 11.8 Å². The number of hydrogen-bond donors (Lipinski definition) is 1. The fraction of sp³-hybridized carbons (Fsp3) is 0.667. The molecule has 140 valence electrons. The molecule has 1 aromatic heterocycles. The summed E-state index contributed by atoms with van der Waals surface area (Å²) in [5.74, 6) is -0.707. The summed E-state index contributed by atoms with van der Waals surface area (Å²) < 4.78 is 1.58. The van der Waals surface area contributed by atoms with Crippen LogP contribution >= 0.6 is 0 Å². The van der Waals surface area contributed by atoms with Gasteiger partial charge >= 0.3 is 0 Å². The van der Waals surface area contributed by atoms with Gasteiger partial charge in [0.05, 0.1) is 17.7 Å². The predicted molar refractivity (Wildman–Crippen MR) is 92.7 cm³/mol. The highest BCUT2D eigenvalue weighted by Gasteiger charge is 2.61. The standard InChI is InChI=1S/C18H25N5O3/c1-17(2)4-12(17)16(26)23-9-18(10-23)8-22(7-13(18)14(19)24)15(25)11-5-20-21(3)6-11/h5-6,12-13H,4,7-10H2,1-3H3,(H2,19,24)/t12-,13+/m1/s1. The summed E-state index contributed by atoms with van der Waals surface area (Å²) in [5.41, 5.74) is 5.81. The molecule has 2 saturated heterocycles. The lowest BCUT2D eigenvalue weighted by molar-refractivity contribution is -0.150. The Morgan fingerprint density at radius 3 is 2.27 bits per heavy atom. The van der Waals surface area contributed by atoms with Gasteiger partial charge in [-0.2, -0.15) is 5.10 Å². The maximum absolute atomic E-state index is 12.7. The normalized spacial score (nSPS) is 28.1. The van der Waals surface area contributed by atoms with Crippen molar-refractivity contribution in [1.82, 2.24) is 19.6 Å². The number of primary amides is 1. The van der Waals surface area contributed by atoms with E-state index in [4.69, 9.17) is 5.73 Å². The van der Waals surface area contributed by atoms with Crippen LogP contribution in [-0.4, -0.2) is 63.5 Å². The molecule has 1 spiro atoms. The van der Waals surface area contributed by atoms with Gasteiger partial charge in [-0.25, -0.2) is 0 Å². The molecule has 0 bridgehead atoms. The first-order valence-corrected chi connectivity index (χ1v) is 8.99. The lowest BCUT2D eigenvalue weighted by atomic mass is 9.71. The molecule has 2 aliphatic heterocycles. The number of nitrogens with two attached hydrogens (primary N) is 1. The summed E-state index contributed by atoms with van der Waals surface area (Å²) >= 11 is 0. The van der Waals surface area contributed by atoms with E-state index >= 15 is 0 Å². The molecule has 0 radical (unpaired) electrons. The van der Waals surface area contributed by atoms with Gasteiger partial charge in [-0.3, -0.25) is 19.1 Å². The number of hydrogen-bond acceptors (Lipinski definition) is 4. The first-order chi connectivity index (χ1) is 12.1. The first-order valence-electron chi connectivity index (χ1n) is 8.99. The fourth-order valence-corrected chi connectivity index (χ4v) is 4.53. The average Bonchev–Trinajstić information content (AvgIpc) is 2.92. The number of aryl methyl sites for hydroxylation is 1. The second-order valence-electron chi connectivity index (χ2n) is 8.85. The highest BCUT2D eigenvalue weighted by atomic mass is 16.2. The Labute approximate surface area is 152 Å². The van der Waals surface area contributed by atoms with Crippen LogP contribution in [0.1, 0.15) is 30.6 Å². The number of carbonyl (C=O) groups is 3. The number of rotatable bonds is 3. The third kappa shape index (κ3) is 2.50. The molecular formula is C18H25N5O3. The quantitative estimate of drug-likeness (QED) is 0.811. The molecule has 8 heteroatoms. The number of aromatic nitrogens is 2. The number of carbonyl (C=O) groups excluding carboxylic acids is 3. The molecule has 3 heterocycles. The Morgan fingerprint density at radius 2 is 1.77 bits per heavy atom. The van der Waals surface area contributed by atoms with E-state index in [1.165, 1.54) is 6.20 Å². The highest BCUT2D eigenvalue weighted by molar-refractivity contribution is 5.95. The SMILES string of the molecule is Cn1cc(C(=O)N2C[C@@H](C(N)=O)C3(C2)CN(C(=O)[C@H]2CC2(C)C)C3)cn1. The molecule has 26 heavy (non-hydrogen) atoms. The van der Waals surface area contributed by atoms with Crippen LogP contribution in [0.3, 0.4) is 0 Å². The van der Waals surface area contributed by atoms with Gasteiger partial charge in [-0.1, -0.05) is 13.8 Å². The van der Waals surface area contributed by atoms with Crippen molar-refractivity contribution in [1.29, 1.82) is 0 Å². The number of nitrogens with zero attached hydrogens (tertiary/aromatic N) is 4. The Kier molecular flexibility index (Phi) is 3.48. The zero-order valence-corrected chi connectivity index (χ0v) is 15.4. The summed E-state index contributed by atoms with van der Waals surface area (Å²) in [5, 5.41) is 4.03. The van der Waals surface area contributed by atoms with E-state index < -0.39 is 17.2 Å². The molecule has 2 atom stereocenters. The summed E-state index contributed by atoms with van der Waals surface area (Å²) in [7, 11) is 1.75. The first kappa shape index (κ1) is 17.1. The van der Waals surface area contributed by atoms with Crippen molar-refractivity contribution in [3.8, 4) is 0 Å². The lowest BCUT2D eigenvalue weighted by Gasteiger charge is -2.50. The van der Waals surface area contributed by atoms with Crippen molar-refractivity contribution in [2.24, 2.45) is 35.4 Å². The van der Waals surface area contributed by atoms with Crippen LogP contribution in [0.4, 0.5) is 0 Å². The van der Waals surface area contributed by atoms with Gasteiger partial charge in [0.1, 0.15) is 0 Å². The van der Waals surface area contributed by atoms with Crippen LogP contribution < -0.4 is 5.73 Å². The van der Waals surface area contributed by atoms with E-state index in [0.717, 1.165) is 6.42 Å². The minimum atomic E-state index is -0.417. The molecule has 4 rings (SSSR count). The number of likely N-dealkylation sites (tertiary alicyclic amines) is 2. The van der Waals surface area contributed by atoms with Gasteiger partial charge < -0.3 is 15.5 Å². The molecule has 3 amide bonds. The summed E-state index contributed by atoms with van der Waals surface area (Å²) in [6.07, 6.45) is 4.11. The Hall–Kier alpha value is -2.38. The maximum atomic E-state index is 12.7. The van der Waals surface area contributed by atoms with Crippen molar-refractivity contribution in [2.45, 2.75) is 20.3 Å². The summed E-state index contributed by atoms with van der Waals surface area (Å²) in [4.78, 5) is 40.8. The van der Waals surface area contributed by atoms with Gasteiger partial charge in [0.25, 0.3) is 5.91 Å². The number of amides is 3. The monoisotopic (exact) mass is 359 g/mol. The molecule has 3 fully saturated rings. The smallest absolute Gasteiger partial charge is 0.257 e. The molecule has 0 unspecified atom stereocenters. The molecule has 0 aromatic carbocycles. The van der Waals surface area contributed by atoms with Gasteiger partial charge in [0.2, 0.25) is 11.8 Å². The van der Waals surface area contributed by atoms with E-state index in [-0.39, 0.29) is 23.1 Å². The predicted octanol–water partition coefficient (Wildman–Crippen LogP) is -0.148. The average molecular weight is 359 g/mol. The molecule has 1 aliphatic carbocycles.